The number of likely N-dealkylation sites (N-methyl/N-ethyl adjacent to an activating group) is 1. The van der Waals surface area contributed by atoms with Crippen LogP contribution < -0.4 is 15.3 Å². The fourth-order valence-corrected chi connectivity index (χ4v) is 4.50. The monoisotopic (exact) mass is 558 g/mol. The van der Waals surface area contributed by atoms with Crippen molar-refractivity contribution in [2.75, 3.05) is 19.6 Å². The number of nitrogens with one attached hydrogen (secondary N) is 2. The number of para-hydroxylation sites is 1. The number of imide groups is 1. The van der Waals surface area contributed by atoms with E-state index in [4.69, 9.17) is 4.65 Å². The number of fused-ring (bicyclic) bond motifs is 1. The van der Waals surface area contributed by atoms with Crippen LogP contribution in [0.3, 0.4) is 0 Å². The van der Waals surface area contributed by atoms with Crippen LogP contribution in [0.1, 0.15) is 34.5 Å². The maximum Gasteiger partial charge on any atom is 0.547 e. The quantitative estimate of drug-likeness (QED) is 0.198. The van der Waals surface area contributed by atoms with Gasteiger partial charge in [-0.25, -0.2) is 14.0 Å². The average molecular weight is 558 g/mol. The van der Waals surface area contributed by atoms with Gasteiger partial charge in [0.15, 0.2) is 0 Å². The summed E-state index contributed by atoms with van der Waals surface area (Å²) >= 11 is 0. The Morgan fingerprint density at radius 1 is 1.18 bits per heavy atom. The number of phenols is 2. The van der Waals surface area contributed by atoms with Crippen molar-refractivity contribution in [1.29, 1.82) is 0 Å². The minimum Gasteiger partial charge on any atom is -0.534 e. The van der Waals surface area contributed by atoms with Gasteiger partial charge in [-0.2, -0.15) is 0 Å². The summed E-state index contributed by atoms with van der Waals surface area (Å²) < 4.78 is 20.2. The summed E-state index contributed by atoms with van der Waals surface area (Å²) in [6, 6.07) is 2.26. The number of aromatic carboxylic acids is 1. The Hall–Kier alpha value is -4.86. The van der Waals surface area contributed by atoms with E-state index in [1.807, 2.05) is 0 Å². The predicted octanol–water partition coefficient (Wildman–Crippen LogP) is -0.484. The van der Waals surface area contributed by atoms with Gasteiger partial charge in [-0.1, -0.05) is 12.1 Å². The SMILES string of the molecule is CCN1CCN(C(=O)N[C@@H](C(=O)N[C@H]2Cc3cccc(C(=O)O)c3OB2O)c2c(O)cc(O)cc2F)C(=O)C1=O. The molecule has 0 aromatic heterocycles. The van der Waals surface area contributed by atoms with Gasteiger partial charge in [-0.3, -0.25) is 19.3 Å². The molecule has 2 heterocycles. The molecule has 14 nitrogen and oxygen atoms in total. The fourth-order valence-electron chi connectivity index (χ4n) is 4.50. The number of hydrogen-bond donors (Lipinski definition) is 6. The minimum absolute atomic E-state index is 0.0214. The molecule has 0 bridgehead atoms. The molecule has 0 saturated carbocycles. The second kappa shape index (κ2) is 11.1. The summed E-state index contributed by atoms with van der Waals surface area (Å²) in [4.78, 5) is 64.3. The van der Waals surface area contributed by atoms with E-state index in [0.29, 0.717) is 16.5 Å². The van der Waals surface area contributed by atoms with Gasteiger partial charge in [0.1, 0.15) is 29.1 Å². The molecule has 0 spiro atoms. The van der Waals surface area contributed by atoms with E-state index in [2.05, 4.69) is 10.6 Å². The number of aromatic hydroxyl groups is 2. The number of rotatable bonds is 6. The third kappa shape index (κ3) is 5.33. The lowest BCUT2D eigenvalue weighted by Crippen LogP contribution is -2.60. The summed E-state index contributed by atoms with van der Waals surface area (Å²) in [6.07, 6.45) is -0.125. The molecule has 0 aliphatic carbocycles. The fraction of sp³-hybridized carbons (Fsp3) is 0.292. The number of carbonyl (C=O) groups excluding carboxylic acids is 4. The molecule has 4 rings (SSSR count). The highest BCUT2D eigenvalue weighted by Gasteiger charge is 2.42. The van der Waals surface area contributed by atoms with Gasteiger partial charge in [0.2, 0.25) is 5.91 Å². The van der Waals surface area contributed by atoms with Gasteiger partial charge < -0.3 is 40.5 Å². The van der Waals surface area contributed by atoms with Crippen LogP contribution in [-0.2, 0) is 20.8 Å². The van der Waals surface area contributed by atoms with Crippen molar-refractivity contribution in [3.63, 3.8) is 0 Å². The lowest BCUT2D eigenvalue weighted by atomic mass is 9.72. The lowest BCUT2D eigenvalue weighted by molar-refractivity contribution is -0.153. The molecule has 2 aromatic rings. The molecule has 0 unspecified atom stereocenters. The molecular formula is C24H24BFN4O10. The number of phenolic OH excluding ortho intramolecular Hbond substituents is 2. The number of benzene rings is 2. The highest BCUT2D eigenvalue weighted by Crippen LogP contribution is 2.33. The van der Waals surface area contributed by atoms with Gasteiger partial charge in [-0.15, -0.1) is 0 Å². The van der Waals surface area contributed by atoms with Crippen LogP contribution >= 0.6 is 0 Å². The molecular weight excluding hydrogens is 534 g/mol. The third-order valence-electron chi connectivity index (χ3n) is 6.52. The zero-order valence-electron chi connectivity index (χ0n) is 21.0. The first kappa shape index (κ1) is 28.2. The largest absolute Gasteiger partial charge is 0.547 e. The van der Waals surface area contributed by atoms with Gasteiger partial charge in [0.25, 0.3) is 0 Å². The van der Waals surface area contributed by atoms with Crippen molar-refractivity contribution >= 4 is 36.8 Å². The smallest absolute Gasteiger partial charge is 0.534 e. The molecule has 16 heteroatoms. The number of carboxylic acid groups (broad SMARTS) is 1. The lowest BCUT2D eigenvalue weighted by Gasteiger charge is -2.33. The number of hydrogen-bond acceptors (Lipinski definition) is 9. The highest BCUT2D eigenvalue weighted by molar-refractivity contribution is 6.47. The van der Waals surface area contributed by atoms with E-state index in [1.165, 1.54) is 23.1 Å². The van der Waals surface area contributed by atoms with Crippen molar-refractivity contribution in [2.24, 2.45) is 0 Å². The first-order valence-electron chi connectivity index (χ1n) is 12.1. The van der Waals surface area contributed by atoms with Gasteiger partial charge in [-0.05, 0) is 25.0 Å². The topological polar surface area (TPSA) is 206 Å². The van der Waals surface area contributed by atoms with Crippen molar-refractivity contribution in [3.05, 3.63) is 52.8 Å². The van der Waals surface area contributed by atoms with E-state index in [9.17, 15) is 48.7 Å². The molecule has 2 aliphatic heterocycles. The average Bonchev–Trinajstić information content (AvgIpc) is 2.88. The molecule has 1 fully saturated rings. The Morgan fingerprint density at radius 2 is 1.90 bits per heavy atom. The van der Waals surface area contributed by atoms with E-state index in [-0.39, 0.29) is 37.4 Å². The Morgan fingerprint density at radius 3 is 2.55 bits per heavy atom. The first-order valence-corrected chi connectivity index (χ1v) is 12.1. The third-order valence-corrected chi connectivity index (χ3v) is 6.52. The Labute approximate surface area is 226 Å². The van der Waals surface area contributed by atoms with Crippen LogP contribution in [0.2, 0.25) is 0 Å². The number of urea groups is 1. The van der Waals surface area contributed by atoms with Gasteiger partial charge >= 0.3 is 30.9 Å². The molecule has 40 heavy (non-hydrogen) atoms. The predicted molar refractivity (Wildman–Crippen MR) is 133 cm³/mol. The minimum atomic E-state index is -2.01. The van der Waals surface area contributed by atoms with E-state index >= 15 is 0 Å². The molecule has 210 valence electrons. The molecule has 2 atom stereocenters. The summed E-state index contributed by atoms with van der Waals surface area (Å²) in [5, 5.41) is 44.3. The van der Waals surface area contributed by atoms with Crippen molar-refractivity contribution < 1.29 is 53.4 Å². The standard InChI is InChI=1S/C24H24BFN4O10/c1-2-29-6-7-30(22(35)21(29)34)24(38)28-18(17-14(26)9-12(31)10-15(17)32)20(33)27-16-8-11-4-3-5-13(23(36)37)19(11)40-25(16)39/h3-5,9-10,16,18,31-32,39H,2,6-8H2,1H3,(H,27,33)(H,28,38)(H,36,37)/t16-,18+/m0/s1. The molecule has 5 amide bonds. The van der Waals surface area contributed by atoms with Crippen LogP contribution in [-0.4, -0.2) is 92.6 Å². The summed E-state index contributed by atoms with van der Waals surface area (Å²) in [7, 11) is -1.76. The molecule has 2 aliphatic rings. The van der Waals surface area contributed by atoms with Crippen LogP contribution in [0.25, 0.3) is 0 Å². The number of piperazine rings is 1. The van der Waals surface area contributed by atoms with E-state index < -0.39 is 71.7 Å². The summed E-state index contributed by atoms with van der Waals surface area (Å²) in [5.74, 6) is -8.79. The van der Waals surface area contributed by atoms with Crippen LogP contribution in [0.4, 0.5) is 9.18 Å². The molecule has 1 saturated heterocycles. The van der Waals surface area contributed by atoms with E-state index in [0.717, 1.165) is 6.07 Å². The zero-order chi connectivity index (χ0) is 29.3. The van der Waals surface area contributed by atoms with Crippen molar-refractivity contribution in [2.45, 2.75) is 25.3 Å². The van der Waals surface area contributed by atoms with Gasteiger partial charge in [0, 0.05) is 31.8 Å². The van der Waals surface area contributed by atoms with Crippen LogP contribution in [0.15, 0.2) is 30.3 Å². The Bertz CT molecular complexity index is 1380. The van der Waals surface area contributed by atoms with Crippen LogP contribution in [0.5, 0.6) is 17.2 Å². The summed E-state index contributed by atoms with van der Waals surface area (Å²) in [5.41, 5.74) is -0.660. The van der Waals surface area contributed by atoms with Crippen molar-refractivity contribution in [3.8, 4) is 17.2 Å². The van der Waals surface area contributed by atoms with E-state index in [1.54, 1.807) is 6.92 Å². The Balaban J connectivity index is 1.62. The van der Waals surface area contributed by atoms with Crippen molar-refractivity contribution in [1.82, 2.24) is 20.4 Å². The molecule has 2 aromatic carbocycles. The first-order chi connectivity index (χ1) is 18.9. The number of amides is 5. The number of carboxylic acids is 1. The molecule has 0 radical (unpaired) electrons. The Kier molecular flexibility index (Phi) is 7.81. The van der Waals surface area contributed by atoms with Crippen LogP contribution in [0, 0.1) is 5.82 Å². The second-order valence-electron chi connectivity index (χ2n) is 9.01. The zero-order valence-corrected chi connectivity index (χ0v) is 21.0. The second-order valence-corrected chi connectivity index (χ2v) is 9.01. The maximum atomic E-state index is 14.9. The normalized spacial score (nSPS) is 17.6. The summed E-state index contributed by atoms with van der Waals surface area (Å²) in [6.45, 7) is 1.66. The number of carbonyl (C=O) groups is 5. The van der Waals surface area contributed by atoms with Gasteiger partial charge in [0.05, 0.1) is 17.1 Å². The number of nitrogens with zero attached hydrogens (tertiary/aromatic N) is 2. The number of halogens is 1. The highest BCUT2D eigenvalue weighted by atomic mass is 19.1. The molecule has 6 N–H and O–H groups in total. The maximum absolute atomic E-state index is 14.9.